The maximum absolute atomic E-state index is 13.2. The highest BCUT2D eigenvalue weighted by Gasteiger charge is 2.34. The van der Waals surface area contributed by atoms with Crippen LogP contribution in [0.25, 0.3) is 11.8 Å². The Balaban J connectivity index is 2.13. The lowest BCUT2D eigenvalue weighted by Crippen LogP contribution is -2.10. The smallest absolute Gasteiger partial charge is 0.416 e. The summed E-state index contributed by atoms with van der Waals surface area (Å²) in [5.74, 6) is 0.508. The maximum atomic E-state index is 13.2. The highest BCUT2D eigenvalue weighted by Crippen LogP contribution is 2.37. The molecule has 2 aromatic rings. The maximum Gasteiger partial charge on any atom is 0.416 e. The number of allylic oxidation sites excluding steroid dienone is 2. The monoisotopic (exact) mass is 322 g/mol. The molecule has 0 unspecified atom stereocenters. The van der Waals surface area contributed by atoms with Crippen molar-refractivity contribution in [2.24, 2.45) is 0 Å². The Kier molecular flexibility index (Phi) is 3.71. The van der Waals surface area contributed by atoms with Gasteiger partial charge in [0.25, 0.3) is 0 Å². The van der Waals surface area contributed by atoms with E-state index < -0.39 is 11.7 Å². The number of ether oxygens (including phenoxy) is 1. The fourth-order valence-electron chi connectivity index (χ4n) is 2.11. The molecular formula is C17H10ClF3O. The molecule has 0 saturated carbocycles. The molecule has 2 aromatic carbocycles. The fourth-order valence-corrected chi connectivity index (χ4v) is 2.24. The van der Waals surface area contributed by atoms with E-state index in [1.54, 1.807) is 48.5 Å². The molecule has 22 heavy (non-hydrogen) atoms. The second-order valence-electron chi connectivity index (χ2n) is 4.75. The van der Waals surface area contributed by atoms with Crippen molar-refractivity contribution < 1.29 is 17.9 Å². The highest BCUT2D eigenvalue weighted by molar-refractivity contribution is 6.30. The van der Waals surface area contributed by atoms with Gasteiger partial charge in [0.2, 0.25) is 0 Å². The van der Waals surface area contributed by atoms with Crippen molar-refractivity contribution in [1.29, 1.82) is 0 Å². The minimum Gasteiger partial charge on any atom is -0.456 e. The van der Waals surface area contributed by atoms with E-state index in [0.29, 0.717) is 21.9 Å². The molecule has 0 spiro atoms. The molecule has 0 atom stereocenters. The van der Waals surface area contributed by atoms with Crippen molar-refractivity contribution in [3.8, 4) is 5.75 Å². The third-order valence-corrected chi connectivity index (χ3v) is 3.44. The first-order chi connectivity index (χ1) is 10.4. The summed E-state index contributed by atoms with van der Waals surface area (Å²) < 4.78 is 45.2. The molecule has 1 aliphatic rings. The van der Waals surface area contributed by atoms with Crippen LogP contribution in [0, 0.1) is 0 Å². The summed E-state index contributed by atoms with van der Waals surface area (Å²) in [4.78, 5) is 0. The number of alkyl halides is 3. The van der Waals surface area contributed by atoms with E-state index in [1.165, 1.54) is 0 Å². The van der Waals surface area contributed by atoms with Gasteiger partial charge in [0.15, 0.2) is 0 Å². The molecular weight excluding hydrogens is 313 g/mol. The van der Waals surface area contributed by atoms with Gasteiger partial charge in [-0.15, -0.1) is 0 Å². The zero-order chi connectivity index (χ0) is 15.7. The number of benzene rings is 2. The number of para-hydroxylation sites is 1. The Morgan fingerprint density at radius 1 is 0.864 bits per heavy atom. The van der Waals surface area contributed by atoms with Gasteiger partial charge in [0.05, 0.1) is 5.57 Å². The molecule has 0 aromatic heterocycles. The highest BCUT2D eigenvalue weighted by atomic mass is 35.5. The average molecular weight is 323 g/mol. The molecule has 5 heteroatoms. The quantitative estimate of drug-likeness (QED) is 0.652. The van der Waals surface area contributed by atoms with Gasteiger partial charge in [0, 0.05) is 16.1 Å². The van der Waals surface area contributed by atoms with Crippen LogP contribution in [0.3, 0.4) is 0 Å². The first-order valence-corrected chi connectivity index (χ1v) is 6.85. The van der Waals surface area contributed by atoms with E-state index in [9.17, 15) is 13.2 Å². The van der Waals surface area contributed by atoms with Crippen molar-refractivity contribution in [3.05, 3.63) is 76.3 Å². The third kappa shape index (κ3) is 3.02. The van der Waals surface area contributed by atoms with Gasteiger partial charge in [-0.3, -0.25) is 0 Å². The molecule has 0 amide bonds. The third-order valence-electron chi connectivity index (χ3n) is 3.19. The molecule has 0 radical (unpaired) electrons. The molecule has 3 rings (SSSR count). The van der Waals surface area contributed by atoms with E-state index in [2.05, 4.69) is 0 Å². The standard InChI is InChI=1S/C17H10ClF3O/c18-14-7-5-11(6-8-14)16-10-13(17(19,20)21)9-12-3-1-2-4-15(12)22-16/h1-10H. The second kappa shape index (κ2) is 5.54. The van der Waals surface area contributed by atoms with Crippen molar-refractivity contribution >= 4 is 23.4 Å². The average Bonchev–Trinajstić information content (AvgIpc) is 2.67. The summed E-state index contributed by atoms with van der Waals surface area (Å²) in [7, 11) is 0. The van der Waals surface area contributed by atoms with Crippen LogP contribution in [-0.2, 0) is 0 Å². The number of hydrogen-bond acceptors (Lipinski definition) is 1. The summed E-state index contributed by atoms with van der Waals surface area (Å²) in [6.07, 6.45) is -2.38. The summed E-state index contributed by atoms with van der Waals surface area (Å²) in [6, 6.07) is 13.1. The molecule has 112 valence electrons. The van der Waals surface area contributed by atoms with Gasteiger partial charge in [0.1, 0.15) is 11.5 Å². The van der Waals surface area contributed by atoms with Gasteiger partial charge >= 0.3 is 6.18 Å². The van der Waals surface area contributed by atoms with Crippen LogP contribution in [-0.4, -0.2) is 6.18 Å². The summed E-state index contributed by atoms with van der Waals surface area (Å²) in [5, 5.41) is 0.505. The number of halogens is 4. The lowest BCUT2D eigenvalue weighted by atomic mass is 10.1. The summed E-state index contributed by atoms with van der Waals surface area (Å²) >= 11 is 5.81. The zero-order valence-electron chi connectivity index (χ0n) is 11.2. The first kappa shape index (κ1) is 14.7. The molecule has 0 bridgehead atoms. The topological polar surface area (TPSA) is 9.23 Å². The number of rotatable bonds is 1. The van der Waals surface area contributed by atoms with Crippen LogP contribution in [0.2, 0.25) is 5.02 Å². The summed E-state index contributed by atoms with van der Waals surface area (Å²) in [5.41, 5.74) is 0.147. The van der Waals surface area contributed by atoms with Gasteiger partial charge in [-0.05, 0) is 42.5 Å². The fraction of sp³-hybridized carbons (Fsp3) is 0.0588. The number of fused-ring (bicyclic) bond motifs is 1. The molecule has 1 aliphatic heterocycles. The van der Waals surface area contributed by atoms with Gasteiger partial charge in [-0.2, -0.15) is 13.2 Å². The predicted molar refractivity (Wildman–Crippen MR) is 80.5 cm³/mol. The summed E-state index contributed by atoms with van der Waals surface area (Å²) in [6.45, 7) is 0. The molecule has 0 N–H and O–H groups in total. The van der Waals surface area contributed by atoms with Crippen LogP contribution >= 0.6 is 11.6 Å². The SMILES string of the molecule is FC(F)(F)C1=Cc2ccccc2OC(c2ccc(Cl)cc2)=C1. The van der Waals surface area contributed by atoms with Crippen LogP contribution < -0.4 is 4.74 Å². The van der Waals surface area contributed by atoms with E-state index in [4.69, 9.17) is 16.3 Å². The normalized spacial score (nSPS) is 14.4. The first-order valence-electron chi connectivity index (χ1n) is 6.47. The van der Waals surface area contributed by atoms with Gasteiger partial charge in [-0.25, -0.2) is 0 Å². The van der Waals surface area contributed by atoms with E-state index in [1.807, 2.05) is 0 Å². The van der Waals surface area contributed by atoms with Crippen molar-refractivity contribution in [3.63, 3.8) is 0 Å². The van der Waals surface area contributed by atoms with Crippen molar-refractivity contribution in [2.75, 3.05) is 0 Å². The largest absolute Gasteiger partial charge is 0.456 e. The van der Waals surface area contributed by atoms with E-state index in [-0.39, 0.29) is 5.76 Å². The molecule has 0 saturated heterocycles. The second-order valence-corrected chi connectivity index (χ2v) is 5.19. The minimum atomic E-state index is -4.46. The van der Waals surface area contributed by atoms with Crippen LogP contribution in [0.4, 0.5) is 13.2 Å². The Morgan fingerprint density at radius 3 is 2.23 bits per heavy atom. The zero-order valence-corrected chi connectivity index (χ0v) is 11.9. The minimum absolute atomic E-state index is 0.130. The Bertz CT molecular complexity index is 758. The van der Waals surface area contributed by atoms with Crippen LogP contribution in [0.5, 0.6) is 5.75 Å². The van der Waals surface area contributed by atoms with Gasteiger partial charge in [-0.1, -0.05) is 29.8 Å². The number of hydrogen-bond donors (Lipinski definition) is 0. The van der Waals surface area contributed by atoms with Crippen LogP contribution in [0.15, 0.2) is 60.2 Å². The van der Waals surface area contributed by atoms with Crippen LogP contribution in [0.1, 0.15) is 11.1 Å². The molecule has 0 fully saturated rings. The lowest BCUT2D eigenvalue weighted by Gasteiger charge is -2.11. The molecule has 1 nitrogen and oxygen atoms in total. The van der Waals surface area contributed by atoms with Crippen molar-refractivity contribution in [2.45, 2.75) is 6.18 Å². The van der Waals surface area contributed by atoms with E-state index >= 15 is 0 Å². The molecule has 0 aliphatic carbocycles. The predicted octanol–water partition coefficient (Wildman–Crippen LogP) is 5.72. The molecule has 1 heterocycles. The Hall–Kier alpha value is -2.20. The Labute approximate surface area is 130 Å². The Morgan fingerprint density at radius 2 is 1.55 bits per heavy atom. The van der Waals surface area contributed by atoms with Crippen molar-refractivity contribution in [1.82, 2.24) is 0 Å². The van der Waals surface area contributed by atoms with E-state index in [0.717, 1.165) is 12.2 Å². The van der Waals surface area contributed by atoms with Gasteiger partial charge < -0.3 is 4.74 Å². The lowest BCUT2D eigenvalue weighted by molar-refractivity contribution is -0.0872.